The van der Waals surface area contributed by atoms with Gasteiger partial charge in [0.1, 0.15) is 11.6 Å². The van der Waals surface area contributed by atoms with Gasteiger partial charge in [0.15, 0.2) is 0 Å². The molecule has 0 unspecified atom stereocenters. The van der Waals surface area contributed by atoms with Crippen LogP contribution in [0.3, 0.4) is 0 Å². The molecule has 0 radical (unpaired) electrons. The van der Waals surface area contributed by atoms with Gasteiger partial charge in [-0.25, -0.2) is 18.2 Å². The van der Waals surface area contributed by atoms with Crippen molar-refractivity contribution in [3.05, 3.63) is 23.1 Å². The summed E-state index contributed by atoms with van der Waals surface area (Å²) in [4.78, 5) is 3.50. The monoisotopic (exact) mass is 210 g/mol. The fourth-order valence-corrected chi connectivity index (χ4v) is 1.01. The molecule has 0 atom stereocenters. The van der Waals surface area contributed by atoms with Crippen LogP contribution >= 0.6 is 11.6 Å². The number of hydrogen-bond donors (Lipinski definition) is 1. The number of nitrogen functional groups attached to an aromatic ring is 1. The second-order valence-corrected chi connectivity index (χ2v) is 2.60. The summed E-state index contributed by atoms with van der Waals surface area (Å²) in [5.74, 6) is -1.64. The minimum absolute atomic E-state index is 0.0648. The van der Waals surface area contributed by atoms with E-state index in [1.807, 2.05) is 0 Å². The van der Waals surface area contributed by atoms with Gasteiger partial charge in [0, 0.05) is 0 Å². The fourth-order valence-electron chi connectivity index (χ4n) is 0.878. The van der Waals surface area contributed by atoms with Crippen LogP contribution in [0.2, 0.25) is 0 Å². The molecule has 0 saturated carbocycles. The van der Waals surface area contributed by atoms with Crippen LogP contribution in [0, 0.1) is 5.82 Å². The van der Waals surface area contributed by atoms with Gasteiger partial charge in [-0.15, -0.1) is 11.6 Å². The van der Waals surface area contributed by atoms with E-state index in [1.165, 1.54) is 0 Å². The van der Waals surface area contributed by atoms with Crippen molar-refractivity contribution in [2.75, 3.05) is 5.73 Å². The quantitative estimate of drug-likeness (QED) is 0.762. The van der Waals surface area contributed by atoms with E-state index < -0.39 is 23.6 Å². The Labute approximate surface area is 77.5 Å². The highest BCUT2D eigenvalue weighted by Crippen LogP contribution is 2.27. The average molecular weight is 211 g/mol. The maximum absolute atomic E-state index is 12.9. The van der Waals surface area contributed by atoms with E-state index in [0.717, 1.165) is 6.07 Å². The van der Waals surface area contributed by atoms with E-state index >= 15 is 0 Å². The molecule has 0 aliphatic carbocycles. The van der Waals surface area contributed by atoms with E-state index in [9.17, 15) is 13.2 Å². The van der Waals surface area contributed by atoms with E-state index in [2.05, 4.69) is 4.98 Å². The number of nitrogens with two attached hydrogens (primary N) is 1. The Morgan fingerprint density at radius 3 is 2.54 bits per heavy atom. The van der Waals surface area contributed by atoms with Crippen molar-refractivity contribution in [2.45, 2.75) is 12.3 Å². The molecule has 0 fully saturated rings. The van der Waals surface area contributed by atoms with Gasteiger partial charge in [-0.3, -0.25) is 0 Å². The van der Waals surface area contributed by atoms with Gasteiger partial charge in [0.05, 0.1) is 17.1 Å². The molecule has 0 spiro atoms. The van der Waals surface area contributed by atoms with Crippen LogP contribution in [0.5, 0.6) is 0 Å². The van der Waals surface area contributed by atoms with Gasteiger partial charge in [-0.1, -0.05) is 0 Å². The standard InChI is InChI=1S/C7H6ClF3N2/c8-2-3-1-4(9)5(6(10)11)7(12)13-3/h1,6H,2H2,(H2,12,13). The third kappa shape index (κ3) is 2.03. The van der Waals surface area contributed by atoms with Crippen LogP contribution in [0.25, 0.3) is 0 Å². The van der Waals surface area contributed by atoms with Crippen molar-refractivity contribution in [2.24, 2.45) is 0 Å². The van der Waals surface area contributed by atoms with Gasteiger partial charge in [-0.2, -0.15) is 0 Å². The van der Waals surface area contributed by atoms with Crippen LogP contribution in [0.15, 0.2) is 6.07 Å². The zero-order valence-electron chi connectivity index (χ0n) is 6.40. The molecule has 0 aliphatic rings. The molecule has 1 aromatic heterocycles. The van der Waals surface area contributed by atoms with Crippen LogP contribution in [-0.2, 0) is 5.88 Å². The Morgan fingerprint density at radius 1 is 1.54 bits per heavy atom. The Bertz CT molecular complexity index is 294. The van der Waals surface area contributed by atoms with Crippen molar-refractivity contribution in [1.29, 1.82) is 0 Å². The normalized spacial score (nSPS) is 10.8. The smallest absolute Gasteiger partial charge is 0.270 e. The van der Waals surface area contributed by atoms with E-state index in [4.69, 9.17) is 17.3 Å². The molecule has 1 aromatic rings. The lowest BCUT2D eigenvalue weighted by molar-refractivity contribution is 0.147. The van der Waals surface area contributed by atoms with E-state index in [-0.39, 0.29) is 11.6 Å². The van der Waals surface area contributed by atoms with Gasteiger partial charge in [0.25, 0.3) is 6.43 Å². The summed E-state index contributed by atoms with van der Waals surface area (Å²) in [6, 6.07) is 0.852. The largest absolute Gasteiger partial charge is 0.383 e. The minimum Gasteiger partial charge on any atom is -0.383 e. The van der Waals surface area contributed by atoms with Crippen LogP contribution in [-0.4, -0.2) is 4.98 Å². The molecule has 72 valence electrons. The second kappa shape index (κ2) is 3.83. The summed E-state index contributed by atoms with van der Waals surface area (Å²) >= 11 is 5.33. The van der Waals surface area contributed by atoms with Crippen molar-refractivity contribution < 1.29 is 13.2 Å². The molecule has 0 bridgehead atoms. The Morgan fingerprint density at radius 2 is 2.15 bits per heavy atom. The molecule has 0 aromatic carbocycles. The molecule has 0 saturated heterocycles. The third-order valence-electron chi connectivity index (χ3n) is 1.45. The van der Waals surface area contributed by atoms with Crippen molar-refractivity contribution in [3.63, 3.8) is 0 Å². The van der Waals surface area contributed by atoms with Crippen molar-refractivity contribution >= 4 is 17.4 Å². The van der Waals surface area contributed by atoms with Crippen molar-refractivity contribution in [3.8, 4) is 0 Å². The molecule has 1 heterocycles. The first kappa shape index (κ1) is 10.1. The highest BCUT2D eigenvalue weighted by Gasteiger charge is 2.18. The predicted molar refractivity (Wildman–Crippen MR) is 43.1 cm³/mol. The predicted octanol–water partition coefficient (Wildman–Crippen LogP) is 2.48. The Hall–Kier alpha value is -0.970. The number of pyridine rings is 1. The van der Waals surface area contributed by atoms with Gasteiger partial charge in [-0.05, 0) is 6.07 Å². The molecular formula is C7H6ClF3N2. The molecule has 2 N–H and O–H groups in total. The number of nitrogens with zero attached hydrogens (tertiary/aromatic N) is 1. The second-order valence-electron chi connectivity index (χ2n) is 2.33. The zero-order chi connectivity index (χ0) is 10.0. The van der Waals surface area contributed by atoms with Gasteiger partial charge in [0.2, 0.25) is 0 Å². The SMILES string of the molecule is Nc1nc(CCl)cc(F)c1C(F)F. The molecular weight excluding hydrogens is 205 g/mol. The number of alkyl halides is 3. The molecule has 6 heteroatoms. The van der Waals surface area contributed by atoms with Crippen LogP contribution in [0.1, 0.15) is 17.7 Å². The number of hydrogen-bond acceptors (Lipinski definition) is 2. The maximum Gasteiger partial charge on any atom is 0.270 e. The zero-order valence-corrected chi connectivity index (χ0v) is 7.15. The number of halogens is 4. The molecule has 2 nitrogen and oxygen atoms in total. The lowest BCUT2D eigenvalue weighted by Gasteiger charge is -2.06. The molecule has 13 heavy (non-hydrogen) atoms. The first-order valence-electron chi connectivity index (χ1n) is 3.35. The number of rotatable bonds is 2. The summed E-state index contributed by atoms with van der Waals surface area (Å²) in [7, 11) is 0. The summed E-state index contributed by atoms with van der Waals surface area (Å²) in [6.07, 6.45) is -2.96. The lowest BCUT2D eigenvalue weighted by Crippen LogP contribution is -2.04. The third-order valence-corrected chi connectivity index (χ3v) is 1.72. The lowest BCUT2D eigenvalue weighted by atomic mass is 10.2. The average Bonchev–Trinajstić information content (AvgIpc) is 2.02. The summed E-state index contributed by atoms with van der Waals surface area (Å²) in [5, 5.41) is 0. The summed E-state index contributed by atoms with van der Waals surface area (Å²) in [5.41, 5.74) is 4.38. The van der Waals surface area contributed by atoms with E-state index in [1.54, 1.807) is 0 Å². The van der Waals surface area contributed by atoms with Gasteiger partial charge < -0.3 is 5.73 Å². The fraction of sp³-hybridized carbons (Fsp3) is 0.286. The van der Waals surface area contributed by atoms with E-state index in [0.29, 0.717) is 0 Å². The number of anilines is 1. The summed E-state index contributed by atoms with van der Waals surface area (Å²) in [6.45, 7) is 0. The molecule has 0 amide bonds. The Balaban J connectivity index is 3.23. The topological polar surface area (TPSA) is 38.9 Å². The molecule has 1 rings (SSSR count). The van der Waals surface area contributed by atoms with Crippen LogP contribution in [0.4, 0.5) is 19.0 Å². The van der Waals surface area contributed by atoms with Gasteiger partial charge >= 0.3 is 0 Å². The number of aromatic nitrogens is 1. The van der Waals surface area contributed by atoms with Crippen LogP contribution < -0.4 is 5.73 Å². The minimum atomic E-state index is -2.96. The molecule has 0 aliphatic heterocycles. The highest BCUT2D eigenvalue weighted by molar-refractivity contribution is 6.16. The highest BCUT2D eigenvalue weighted by atomic mass is 35.5. The van der Waals surface area contributed by atoms with Crippen molar-refractivity contribution in [1.82, 2.24) is 4.98 Å². The maximum atomic E-state index is 12.9. The Kier molecular flexibility index (Phi) is 2.98. The first-order valence-corrected chi connectivity index (χ1v) is 3.88. The first-order chi connectivity index (χ1) is 6.06. The summed E-state index contributed by atoms with van der Waals surface area (Å²) < 4.78 is 37.2.